The van der Waals surface area contributed by atoms with Gasteiger partial charge in [-0.05, 0) is 49.4 Å². The number of hydrogen-bond acceptors (Lipinski definition) is 3. The van der Waals surface area contributed by atoms with E-state index in [-0.39, 0.29) is 17.5 Å². The third-order valence-electron chi connectivity index (χ3n) is 6.05. The van der Waals surface area contributed by atoms with E-state index in [1.54, 1.807) is 12.1 Å². The molecule has 1 aromatic carbocycles. The number of aromatic carboxylic acids is 1. The van der Waals surface area contributed by atoms with Crippen LogP contribution in [0, 0.1) is 5.92 Å². The number of hydrogen-bond donors (Lipinski definition) is 3. The van der Waals surface area contributed by atoms with Crippen LogP contribution in [-0.4, -0.2) is 29.1 Å². The molecule has 0 heterocycles. The van der Waals surface area contributed by atoms with Gasteiger partial charge in [-0.2, -0.15) is 0 Å². The highest BCUT2D eigenvalue weighted by Crippen LogP contribution is 2.28. The molecule has 3 N–H and O–H groups in total. The number of anilines is 1. The van der Waals surface area contributed by atoms with Crippen molar-refractivity contribution in [2.75, 3.05) is 5.32 Å². The lowest BCUT2D eigenvalue weighted by molar-refractivity contribution is -0.119. The Labute approximate surface area is 161 Å². The number of amides is 1. The minimum atomic E-state index is -0.956. The Balaban J connectivity index is 1.63. The molecule has 2 aliphatic rings. The average molecular weight is 373 g/mol. The van der Waals surface area contributed by atoms with E-state index in [0.29, 0.717) is 17.6 Å². The molecule has 0 spiro atoms. The van der Waals surface area contributed by atoms with Gasteiger partial charge in [-0.25, -0.2) is 4.79 Å². The third-order valence-corrected chi connectivity index (χ3v) is 6.05. The molecule has 5 nitrogen and oxygen atoms in total. The summed E-state index contributed by atoms with van der Waals surface area (Å²) < 4.78 is 0. The van der Waals surface area contributed by atoms with E-state index in [4.69, 9.17) is 5.11 Å². The standard InChI is InChI=1S/C22H32N2O3/c25-21(24-19-13-11-17(12-14-19)22(26)27)20(15-16-7-3-1-4-8-16)23-18-9-5-2-6-10-18/h11-14,16,18,20,23H,1-10,15H2,(H,24,25)(H,26,27)/t20-/m1/s1. The molecule has 5 heteroatoms. The Morgan fingerprint density at radius 3 is 2.11 bits per heavy atom. The van der Waals surface area contributed by atoms with Gasteiger partial charge < -0.3 is 15.7 Å². The summed E-state index contributed by atoms with van der Waals surface area (Å²) in [5.74, 6) is -0.323. The van der Waals surface area contributed by atoms with E-state index in [1.807, 2.05) is 0 Å². The molecule has 0 bridgehead atoms. The summed E-state index contributed by atoms with van der Waals surface area (Å²) in [5, 5.41) is 15.7. The first kappa shape index (κ1) is 19.9. The Morgan fingerprint density at radius 2 is 1.52 bits per heavy atom. The van der Waals surface area contributed by atoms with E-state index in [2.05, 4.69) is 10.6 Å². The minimum absolute atomic E-state index is 0.00854. The summed E-state index contributed by atoms with van der Waals surface area (Å²) in [6.45, 7) is 0. The number of carboxylic acids is 1. The second kappa shape index (κ2) is 9.88. The van der Waals surface area contributed by atoms with Gasteiger partial charge in [-0.1, -0.05) is 51.4 Å². The summed E-state index contributed by atoms with van der Waals surface area (Å²) in [4.78, 5) is 24.0. The highest BCUT2D eigenvalue weighted by atomic mass is 16.4. The van der Waals surface area contributed by atoms with Crippen LogP contribution in [0.3, 0.4) is 0 Å². The molecule has 2 saturated carbocycles. The van der Waals surface area contributed by atoms with Gasteiger partial charge in [0.25, 0.3) is 0 Å². The zero-order valence-electron chi connectivity index (χ0n) is 16.1. The van der Waals surface area contributed by atoms with Crippen molar-refractivity contribution in [1.82, 2.24) is 5.32 Å². The predicted molar refractivity (Wildman–Crippen MR) is 107 cm³/mol. The van der Waals surface area contributed by atoms with Gasteiger partial charge in [0.15, 0.2) is 0 Å². The first-order chi connectivity index (χ1) is 13.1. The van der Waals surface area contributed by atoms with E-state index >= 15 is 0 Å². The molecule has 0 saturated heterocycles. The van der Waals surface area contributed by atoms with Crippen LogP contribution in [0.25, 0.3) is 0 Å². The van der Waals surface area contributed by atoms with E-state index in [1.165, 1.54) is 63.5 Å². The van der Waals surface area contributed by atoms with Gasteiger partial charge in [-0.3, -0.25) is 4.79 Å². The van der Waals surface area contributed by atoms with Gasteiger partial charge in [0.1, 0.15) is 0 Å². The highest BCUT2D eigenvalue weighted by molar-refractivity contribution is 5.95. The minimum Gasteiger partial charge on any atom is -0.478 e. The van der Waals surface area contributed by atoms with Crippen molar-refractivity contribution in [3.05, 3.63) is 29.8 Å². The Bertz CT molecular complexity index is 597. The lowest BCUT2D eigenvalue weighted by Crippen LogP contribution is -2.47. The number of carboxylic acid groups (broad SMARTS) is 1. The number of carbonyl (C=O) groups excluding carboxylic acids is 1. The first-order valence-electron chi connectivity index (χ1n) is 10.5. The number of rotatable bonds is 7. The van der Waals surface area contributed by atoms with Crippen molar-refractivity contribution in [1.29, 1.82) is 0 Å². The number of benzene rings is 1. The van der Waals surface area contributed by atoms with Gasteiger partial charge in [0.2, 0.25) is 5.91 Å². The summed E-state index contributed by atoms with van der Waals surface area (Å²) in [6.07, 6.45) is 13.3. The van der Waals surface area contributed by atoms with E-state index in [9.17, 15) is 9.59 Å². The van der Waals surface area contributed by atoms with Crippen molar-refractivity contribution < 1.29 is 14.7 Å². The van der Waals surface area contributed by atoms with Gasteiger partial charge in [0, 0.05) is 11.7 Å². The molecule has 0 aliphatic heterocycles. The fraction of sp³-hybridized carbons (Fsp3) is 0.636. The second-order valence-corrected chi connectivity index (χ2v) is 8.17. The molecule has 2 aliphatic carbocycles. The topological polar surface area (TPSA) is 78.4 Å². The van der Waals surface area contributed by atoms with Gasteiger partial charge in [0.05, 0.1) is 11.6 Å². The van der Waals surface area contributed by atoms with E-state index < -0.39 is 5.97 Å². The van der Waals surface area contributed by atoms with Crippen molar-refractivity contribution in [3.63, 3.8) is 0 Å². The quantitative estimate of drug-likeness (QED) is 0.654. The molecule has 0 unspecified atom stereocenters. The maximum absolute atomic E-state index is 13.0. The number of carbonyl (C=O) groups is 2. The predicted octanol–water partition coefficient (Wildman–Crippen LogP) is 4.58. The monoisotopic (exact) mass is 372 g/mol. The van der Waals surface area contributed by atoms with Crippen molar-refractivity contribution in [2.45, 2.75) is 82.7 Å². The molecule has 1 aromatic rings. The van der Waals surface area contributed by atoms with Crippen LogP contribution >= 0.6 is 0 Å². The molecule has 1 atom stereocenters. The van der Waals surface area contributed by atoms with Crippen LogP contribution in [0.2, 0.25) is 0 Å². The molecule has 2 fully saturated rings. The summed E-state index contributed by atoms with van der Waals surface area (Å²) in [5.41, 5.74) is 0.885. The molecule has 0 radical (unpaired) electrons. The van der Waals surface area contributed by atoms with Crippen LogP contribution in [0.4, 0.5) is 5.69 Å². The molecule has 27 heavy (non-hydrogen) atoms. The van der Waals surface area contributed by atoms with Crippen LogP contribution in [0.1, 0.15) is 81.0 Å². The molecule has 3 rings (SSSR count). The Kier molecular flexibility index (Phi) is 7.27. The Morgan fingerprint density at radius 1 is 0.926 bits per heavy atom. The maximum atomic E-state index is 13.0. The van der Waals surface area contributed by atoms with Crippen LogP contribution < -0.4 is 10.6 Å². The van der Waals surface area contributed by atoms with Crippen LogP contribution in [0.5, 0.6) is 0 Å². The fourth-order valence-electron chi connectivity index (χ4n) is 4.49. The average Bonchev–Trinajstić information content (AvgIpc) is 2.69. The third kappa shape index (κ3) is 6.06. The molecule has 148 valence electrons. The number of nitrogens with one attached hydrogen (secondary N) is 2. The van der Waals surface area contributed by atoms with E-state index in [0.717, 1.165) is 19.3 Å². The normalized spacial score (nSPS) is 20.1. The lowest BCUT2D eigenvalue weighted by atomic mass is 9.84. The summed E-state index contributed by atoms with van der Waals surface area (Å²) in [6, 6.07) is 6.66. The van der Waals surface area contributed by atoms with Crippen LogP contribution in [0.15, 0.2) is 24.3 Å². The largest absolute Gasteiger partial charge is 0.478 e. The zero-order valence-corrected chi connectivity index (χ0v) is 16.1. The fourth-order valence-corrected chi connectivity index (χ4v) is 4.49. The molecular formula is C22H32N2O3. The van der Waals surface area contributed by atoms with Crippen molar-refractivity contribution >= 4 is 17.6 Å². The maximum Gasteiger partial charge on any atom is 0.335 e. The summed E-state index contributed by atoms with van der Waals surface area (Å²) >= 11 is 0. The molecular weight excluding hydrogens is 340 g/mol. The van der Waals surface area contributed by atoms with Crippen molar-refractivity contribution in [3.8, 4) is 0 Å². The van der Waals surface area contributed by atoms with Gasteiger partial charge >= 0.3 is 5.97 Å². The second-order valence-electron chi connectivity index (χ2n) is 8.17. The smallest absolute Gasteiger partial charge is 0.335 e. The van der Waals surface area contributed by atoms with Crippen LogP contribution in [-0.2, 0) is 4.79 Å². The van der Waals surface area contributed by atoms with Gasteiger partial charge in [-0.15, -0.1) is 0 Å². The molecule has 0 aromatic heterocycles. The first-order valence-corrected chi connectivity index (χ1v) is 10.5. The molecule has 1 amide bonds. The highest BCUT2D eigenvalue weighted by Gasteiger charge is 2.27. The van der Waals surface area contributed by atoms with Crippen molar-refractivity contribution in [2.24, 2.45) is 5.92 Å². The Hall–Kier alpha value is -1.88. The summed E-state index contributed by atoms with van der Waals surface area (Å²) in [7, 11) is 0. The SMILES string of the molecule is O=C(O)c1ccc(NC(=O)[C@@H](CC2CCCCC2)NC2CCCCC2)cc1. The lowest BCUT2D eigenvalue weighted by Gasteiger charge is -2.31. The zero-order chi connectivity index (χ0) is 19.1.